The number of guanidine groups is 1. The van der Waals surface area contributed by atoms with Crippen molar-refractivity contribution in [2.75, 3.05) is 0 Å². The van der Waals surface area contributed by atoms with Gasteiger partial charge in [-0.3, -0.25) is 5.43 Å². The SMILES string of the molecule is NN=CN=C(N=NN)NN. The Kier molecular flexibility index (Phi) is 4.51. The summed E-state index contributed by atoms with van der Waals surface area (Å²) in [4.78, 5) is 3.47. The van der Waals surface area contributed by atoms with Gasteiger partial charge in [-0.25, -0.2) is 5.84 Å². The first-order chi connectivity index (χ1) is 4.85. The molecule has 0 radical (unpaired) electrons. The number of nitrogens with one attached hydrogen (secondary N) is 1. The highest BCUT2D eigenvalue weighted by atomic mass is 15.4. The van der Waals surface area contributed by atoms with Gasteiger partial charge in [0.25, 0.3) is 5.96 Å². The molecule has 56 valence electrons. The van der Waals surface area contributed by atoms with Gasteiger partial charge in [0.15, 0.2) is 0 Å². The molecule has 7 N–H and O–H groups in total. The van der Waals surface area contributed by atoms with E-state index < -0.39 is 0 Å². The summed E-state index contributed by atoms with van der Waals surface area (Å²) in [6.07, 6.45) is 1.05. The highest BCUT2D eigenvalue weighted by Crippen LogP contribution is 1.71. The van der Waals surface area contributed by atoms with Gasteiger partial charge in [0.1, 0.15) is 6.34 Å². The standard InChI is InChI=1S/C2H8N8/c3-7-1-6-2(8-4)9-10-5/h1H,3-4H2,(H3,5,6,7,8,9). The van der Waals surface area contributed by atoms with Crippen LogP contribution in [0.15, 0.2) is 20.4 Å². The molecule has 0 aromatic rings. The topological polar surface area (TPSA) is 140 Å². The van der Waals surface area contributed by atoms with Crippen molar-refractivity contribution in [1.82, 2.24) is 5.43 Å². The molecule has 0 bridgehead atoms. The van der Waals surface area contributed by atoms with Gasteiger partial charge in [0.05, 0.1) is 0 Å². The molecule has 0 aliphatic heterocycles. The highest BCUT2D eigenvalue weighted by molar-refractivity contribution is 5.86. The van der Waals surface area contributed by atoms with E-state index >= 15 is 0 Å². The van der Waals surface area contributed by atoms with Gasteiger partial charge in [0, 0.05) is 0 Å². The lowest BCUT2D eigenvalue weighted by atomic mass is 11.0. The Bertz CT molecular complexity index is 155. The first-order valence-electron chi connectivity index (χ1n) is 2.22. The summed E-state index contributed by atoms with van der Waals surface area (Å²) < 4.78 is 0. The zero-order valence-electron chi connectivity index (χ0n) is 5.10. The van der Waals surface area contributed by atoms with Crippen molar-refractivity contribution >= 4 is 12.3 Å². The van der Waals surface area contributed by atoms with Crippen molar-refractivity contribution in [2.24, 2.45) is 38.0 Å². The molecule has 8 nitrogen and oxygen atoms in total. The van der Waals surface area contributed by atoms with Crippen molar-refractivity contribution < 1.29 is 0 Å². The monoisotopic (exact) mass is 144 g/mol. The van der Waals surface area contributed by atoms with E-state index in [2.05, 4.69) is 31.7 Å². The highest BCUT2D eigenvalue weighted by Gasteiger charge is 1.86. The lowest BCUT2D eigenvalue weighted by Gasteiger charge is -1.90. The smallest absolute Gasteiger partial charge is 0.260 e. The average molecular weight is 144 g/mol. The van der Waals surface area contributed by atoms with Crippen molar-refractivity contribution in [2.45, 2.75) is 0 Å². The summed E-state index contributed by atoms with van der Waals surface area (Å²) in [5.41, 5.74) is 2.10. The van der Waals surface area contributed by atoms with Gasteiger partial charge < -0.3 is 11.7 Å². The van der Waals surface area contributed by atoms with Crippen molar-refractivity contribution in [3.8, 4) is 0 Å². The summed E-state index contributed by atoms with van der Waals surface area (Å²) in [6, 6.07) is 0. The lowest BCUT2D eigenvalue weighted by Crippen LogP contribution is -2.28. The van der Waals surface area contributed by atoms with E-state index in [1.807, 2.05) is 0 Å². The second-order valence-electron chi connectivity index (χ2n) is 1.08. The Morgan fingerprint density at radius 3 is 2.50 bits per heavy atom. The number of nitrogens with two attached hydrogens (primary N) is 3. The molecule has 0 rings (SSSR count). The minimum absolute atomic E-state index is 0.0247. The van der Waals surface area contributed by atoms with Gasteiger partial charge in [0.2, 0.25) is 0 Å². The van der Waals surface area contributed by atoms with Crippen molar-refractivity contribution in [3.63, 3.8) is 0 Å². The van der Waals surface area contributed by atoms with Crippen LogP contribution in [0.5, 0.6) is 0 Å². The number of rotatable bonds is 1. The molecular weight excluding hydrogens is 136 g/mol. The van der Waals surface area contributed by atoms with Crippen LogP contribution in [0, 0.1) is 0 Å². The first kappa shape index (κ1) is 8.30. The van der Waals surface area contributed by atoms with E-state index in [1.165, 1.54) is 0 Å². The van der Waals surface area contributed by atoms with Gasteiger partial charge in [-0.1, -0.05) is 10.3 Å². The fourth-order valence-electron chi connectivity index (χ4n) is 0.235. The van der Waals surface area contributed by atoms with E-state index in [0.29, 0.717) is 0 Å². The third-order valence-corrected chi connectivity index (χ3v) is 0.528. The number of hydrazone groups is 1. The molecule has 0 saturated carbocycles. The molecule has 0 atom stereocenters. The number of hydrogen-bond donors (Lipinski definition) is 4. The van der Waals surface area contributed by atoms with E-state index in [-0.39, 0.29) is 5.96 Å². The zero-order chi connectivity index (χ0) is 7.82. The summed E-state index contributed by atoms with van der Waals surface area (Å²) in [6.45, 7) is 0. The van der Waals surface area contributed by atoms with E-state index in [9.17, 15) is 0 Å². The van der Waals surface area contributed by atoms with Gasteiger partial charge in [-0.15, -0.1) is 0 Å². The normalized spacial score (nSPS) is 13.1. The van der Waals surface area contributed by atoms with Crippen LogP contribution in [0.2, 0.25) is 0 Å². The molecule has 0 aliphatic rings. The maximum atomic E-state index is 4.91. The van der Waals surface area contributed by atoms with Crippen LogP contribution in [-0.4, -0.2) is 12.3 Å². The van der Waals surface area contributed by atoms with E-state index in [4.69, 9.17) is 11.7 Å². The second kappa shape index (κ2) is 5.44. The zero-order valence-corrected chi connectivity index (χ0v) is 5.10. The van der Waals surface area contributed by atoms with Crippen LogP contribution in [-0.2, 0) is 0 Å². The second-order valence-corrected chi connectivity index (χ2v) is 1.08. The third-order valence-electron chi connectivity index (χ3n) is 0.528. The number of nitrogens with zero attached hydrogens (tertiary/aromatic N) is 4. The molecule has 0 aromatic carbocycles. The Morgan fingerprint density at radius 2 is 2.10 bits per heavy atom. The summed E-state index contributed by atoms with van der Waals surface area (Å²) in [5.74, 6) is 14.3. The summed E-state index contributed by atoms with van der Waals surface area (Å²) >= 11 is 0. The van der Waals surface area contributed by atoms with E-state index in [1.54, 1.807) is 0 Å². The number of aliphatic imine (C=N–C) groups is 1. The van der Waals surface area contributed by atoms with Crippen molar-refractivity contribution in [1.29, 1.82) is 0 Å². The fourth-order valence-corrected chi connectivity index (χ4v) is 0.235. The maximum Gasteiger partial charge on any atom is 0.260 e. The predicted octanol–water partition coefficient (Wildman–Crippen LogP) is -1.97. The first-order valence-corrected chi connectivity index (χ1v) is 2.22. The molecule has 0 spiro atoms. The maximum absolute atomic E-state index is 4.91. The molecular formula is C2H8N8. The van der Waals surface area contributed by atoms with Crippen LogP contribution in [0.1, 0.15) is 0 Å². The largest absolute Gasteiger partial charge is 0.322 e. The molecule has 0 heterocycles. The van der Waals surface area contributed by atoms with Crippen LogP contribution < -0.4 is 23.0 Å². The molecule has 0 saturated heterocycles. The molecule has 0 aromatic heterocycles. The minimum Gasteiger partial charge on any atom is -0.322 e. The number of hydrogen-bond acceptors (Lipinski definition) is 4. The van der Waals surface area contributed by atoms with Crippen molar-refractivity contribution in [3.05, 3.63) is 0 Å². The predicted molar refractivity (Wildman–Crippen MR) is 36.5 cm³/mol. The molecule has 10 heavy (non-hydrogen) atoms. The molecule has 0 fully saturated rings. The minimum atomic E-state index is 0.0247. The molecule has 0 aliphatic carbocycles. The van der Waals surface area contributed by atoms with Gasteiger partial charge >= 0.3 is 0 Å². The van der Waals surface area contributed by atoms with Crippen LogP contribution in [0.4, 0.5) is 0 Å². The number of hydrazine groups is 1. The molecule has 0 amide bonds. The lowest BCUT2D eigenvalue weighted by molar-refractivity contribution is 0.964. The average Bonchev–Trinajstić information content (AvgIpc) is 1.98. The third kappa shape index (κ3) is 3.32. The van der Waals surface area contributed by atoms with Crippen LogP contribution in [0.25, 0.3) is 0 Å². The van der Waals surface area contributed by atoms with E-state index in [0.717, 1.165) is 6.34 Å². The molecule has 0 unspecified atom stereocenters. The Balaban J connectivity index is 4.04. The molecule has 8 heteroatoms. The quantitative estimate of drug-likeness (QED) is 0.111. The Labute approximate surface area is 56.8 Å². The Hall–Kier alpha value is -1.70. The summed E-state index contributed by atoms with van der Waals surface area (Å²) in [7, 11) is 0. The van der Waals surface area contributed by atoms with Gasteiger partial charge in [-0.2, -0.15) is 10.1 Å². The van der Waals surface area contributed by atoms with Gasteiger partial charge in [-0.05, 0) is 0 Å². The van der Waals surface area contributed by atoms with Crippen LogP contribution in [0.3, 0.4) is 0 Å². The summed E-state index contributed by atoms with van der Waals surface area (Å²) in [5, 5.41) is 9.21. The van der Waals surface area contributed by atoms with Crippen LogP contribution >= 0.6 is 0 Å². The fraction of sp³-hybridized carbons (Fsp3) is 0. The Morgan fingerprint density at radius 1 is 1.40 bits per heavy atom.